The molecule has 0 N–H and O–H groups in total. The van der Waals surface area contributed by atoms with Gasteiger partial charge in [-0.25, -0.2) is 8.42 Å². The third-order valence-corrected chi connectivity index (χ3v) is 6.62. The van der Waals surface area contributed by atoms with Crippen LogP contribution in [0.15, 0.2) is 63.9 Å². The van der Waals surface area contributed by atoms with Gasteiger partial charge in [-0.2, -0.15) is 4.31 Å². The van der Waals surface area contributed by atoms with Crippen LogP contribution in [0.5, 0.6) is 5.75 Å². The number of nitrogens with zero attached hydrogens (tertiary/aromatic N) is 3. The zero-order valence-electron chi connectivity index (χ0n) is 18.1. The van der Waals surface area contributed by atoms with E-state index < -0.39 is 10.0 Å². The molecule has 0 amide bonds. The van der Waals surface area contributed by atoms with Crippen LogP contribution >= 0.6 is 0 Å². The van der Waals surface area contributed by atoms with Crippen LogP contribution in [-0.4, -0.2) is 48.6 Å². The summed E-state index contributed by atoms with van der Waals surface area (Å²) in [7, 11) is -2.53. The fourth-order valence-electron chi connectivity index (χ4n) is 2.89. The molecule has 0 saturated heterocycles. The number of methoxy groups -OCH3 is 1. The van der Waals surface area contributed by atoms with Gasteiger partial charge in [-0.15, -0.1) is 10.2 Å². The summed E-state index contributed by atoms with van der Waals surface area (Å²) in [5.41, 5.74) is 0.757. The van der Waals surface area contributed by atoms with Gasteiger partial charge in [-0.3, -0.25) is 4.79 Å². The molecular formula is C22H25N3O6S. The molecule has 10 heteroatoms. The Morgan fingerprint density at radius 2 is 1.75 bits per heavy atom. The van der Waals surface area contributed by atoms with Crippen molar-refractivity contribution in [2.45, 2.75) is 37.8 Å². The molecule has 0 radical (unpaired) electrons. The zero-order valence-corrected chi connectivity index (χ0v) is 18.9. The van der Waals surface area contributed by atoms with Gasteiger partial charge in [0.1, 0.15) is 5.75 Å². The Morgan fingerprint density at radius 1 is 1.06 bits per heavy atom. The molecule has 0 unspecified atom stereocenters. The van der Waals surface area contributed by atoms with Crippen molar-refractivity contribution in [1.29, 1.82) is 0 Å². The lowest BCUT2D eigenvalue weighted by molar-refractivity contribution is -0.141. The van der Waals surface area contributed by atoms with Gasteiger partial charge in [0.05, 0.1) is 31.6 Å². The Bertz CT molecular complexity index is 1130. The number of ether oxygens (including phenoxy) is 2. The SMILES string of the molecule is COC(=O)CCOc1ccc(S(=O)(=O)N(Cc2nnc(-c3ccccc3)o2)C(C)C)cc1. The molecule has 32 heavy (non-hydrogen) atoms. The molecule has 9 nitrogen and oxygen atoms in total. The quantitative estimate of drug-likeness (QED) is 0.425. The maximum absolute atomic E-state index is 13.2. The minimum absolute atomic E-state index is 0.0583. The normalized spacial score (nSPS) is 11.7. The summed E-state index contributed by atoms with van der Waals surface area (Å²) in [4.78, 5) is 11.3. The highest BCUT2D eigenvalue weighted by Gasteiger charge is 2.29. The smallest absolute Gasteiger partial charge is 0.308 e. The molecule has 0 aliphatic heterocycles. The van der Waals surface area contributed by atoms with Gasteiger partial charge in [0.15, 0.2) is 0 Å². The summed E-state index contributed by atoms with van der Waals surface area (Å²) >= 11 is 0. The summed E-state index contributed by atoms with van der Waals surface area (Å²) in [6, 6.07) is 14.9. The number of sulfonamides is 1. The van der Waals surface area contributed by atoms with Crippen LogP contribution in [0.3, 0.4) is 0 Å². The number of carbonyl (C=O) groups is 1. The minimum Gasteiger partial charge on any atom is -0.493 e. The van der Waals surface area contributed by atoms with Gasteiger partial charge in [0.25, 0.3) is 0 Å². The zero-order chi connectivity index (χ0) is 23.1. The highest BCUT2D eigenvalue weighted by atomic mass is 32.2. The van der Waals surface area contributed by atoms with E-state index in [0.29, 0.717) is 11.6 Å². The Hall–Kier alpha value is -3.24. The van der Waals surface area contributed by atoms with Crippen LogP contribution in [0.2, 0.25) is 0 Å². The number of hydrogen-bond donors (Lipinski definition) is 0. The van der Waals surface area contributed by atoms with Crippen LogP contribution in [0, 0.1) is 0 Å². The van der Waals surface area contributed by atoms with Gasteiger partial charge < -0.3 is 13.9 Å². The van der Waals surface area contributed by atoms with Gasteiger partial charge in [0.2, 0.25) is 21.8 Å². The second kappa shape index (κ2) is 10.4. The number of carbonyl (C=O) groups excluding carboxylic acids is 1. The first kappa shape index (κ1) is 23.4. The second-order valence-electron chi connectivity index (χ2n) is 7.16. The molecular weight excluding hydrogens is 434 g/mol. The van der Waals surface area contributed by atoms with E-state index in [4.69, 9.17) is 9.15 Å². The summed E-state index contributed by atoms with van der Waals surface area (Å²) < 4.78 is 43.5. The van der Waals surface area contributed by atoms with Crippen molar-refractivity contribution in [1.82, 2.24) is 14.5 Å². The molecule has 3 rings (SSSR count). The van der Waals surface area contributed by atoms with E-state index in [0.717, 1.165) is 5.56 Å². The lowest BCUT2D eigenvalue weighted by Crippen LogP contribution is -2.36. The molecule has 0 fully saturated rings. The lowest BCUT2D eigenvalue weighted by Gasteiger charge is -2.24. The van der Waals surface area contributed by atoms with E-state index in [1.807, 2.05) is 30.3 Å². The Kier molecular flexibility index (Phi) is 7.60. The summed E-state index contributed by atoms with van der Waals surface area (Å²) in [5, 5.41) is 8.04. The average molecular weight is 460 g/mol. The lowest BCUT2D eigenvalue weighted by atomic mass is 10.2. The molecule has 0 saturated carbocycles. The largest absolute Gasteiger partial charge is 0.493 e. The molecule has 0 bridgehead atoms. The molecule has 0 atom stereocenters. The Morgan fingerprint density at radius 3 is 2.38 bits per heavy atom. The predicted molar refractivity (Wildman–Crippen MR) is 116 cm³/mol. The monoisotopic (exact) mass is 459 g/mol. The fourth-order valence-corrected chi connectivity index (χ4v) is 4.48. The van der Waals surface area contributed by atoms with Crippen molar-refractivity contribution >= 4 is 16.0 Å². The fraction of sp³-hybridized carbons (Fsp3) is 0.318. The van der Waals surface area contributed by atoms with Crippen LogP contribution in [-0.2, 0) is 26.1 Å². The van der Waals surface area contributed by atoms with Gasteiger partial charge in [-0.05, 0) is 50.2 Å². The summed E-state index contributed by atoms with van der Waals surface area (Å²) in [6.45, 7) is 3.63. The van der Waals surface area contributed by atoms with Crippen molar-refractivity contribution in [3.63, 3.8) is 0 Å². The van der Waals surface area contributed by atoms with Crippen molar-refractivity contribution in [3.8, 4) is 17.2 Å². The molecule has 2 aromatic carbocycles. The third-order valence-electron chi connectivity index (χ3n) is 4.59. The van der Waals surface area contributed by atoms with Crippen LogP contribution in [0.25, 0.3) is 11.5 Å². The van der Waals surface area contributed by atoms with E-state index in [9.17, 15) is 13.2 Å². The van der Waals surface area contributed by atoms with Gasteiger partial charge in [-0.1, -0.05) is 18.2 Å². The number of hydrogen-bond acceptors (Lipinski definition) is 8. The number of benzene rings is 2. The van der Waals surface area contributed by atoms with Gasteiger partial charge in [0, 0.05) is 11.6 Å². The number of rotatable bonds is 10. The van der Waals surface area contributed by atoms with Crippen molar-refractivity contribution in [2.24, 2.45) is 0 Å². The average Bonchev–Trinajstić information content (AvgIpc) is 3.27. The van der Waals surface area contributed by atoms with E-state index >= 15 is 0 Å². The number of esters is 1. The minimum atomic E-state index is -3.83. The first-order valence-corrected chi connectivity index (χ1v) is 11.4. The van der Waals surface area contributed by atoms with Crippen LogP contribution < -0.4 is 4.74 Å². The van der Waals surface area contributed by atoms with E-state index in [1.165, 1.54) is 23.5 Å². The van der Waals surface area contributed by atoms with Gasteiger partial charge >= 0.3 is 5.97 Å². The maximum Gasteiger partial charge on any atom is 0.308 e. The summed E-state index contributed by atoms with van der Waals surface area (Å²) in [6.07, 6.45) is 0.104. The molecule has 1 aromatic heterocycles. The first-order valence-electron chi connectivity index (χ1n) is 10.0. The topological polar surface area (TPSA) is 112 Å². The van der Waals surface area contributed by atoms with Crippen molar-refractivity contribution in [2.75, 3.05) is 13.7 Å². The van der Waals surface area contributed by atoms with E-state index in [1.54, 1.807) is 26.0 Å². The Labute approximate surface area is 187 Å². The van der Waals surface area contributed by atoms with Crippen molar-refractivity contribution < 1.29 is 27.1 Å². The number of aromatic nitrogens is 2. The maximum atomic E-state index is 13.2. The second-order valence-corrected chi connectivity index (χ2v) is 9.05. The molecule has 1 heterocycles. The van der Waals surface area contributed by atoms with Crippen molar-refractivity contribution in [3.05, 3.63) is 60.5 Å². The first-order chi connectivity index (χ1) is 15.3. The molecule has 3 aromatic rings. The van der Waals surface area contributed by atoms with E-state index in [-0.39, 0.29) is 42.4 Å². The standard InChI is InChI=1S/C22H25N3O6S/c1-16(2)25(15-20-23-24-22(31-20)17-7-5-4-6-8-17)32(27,28)19-11-9-18(10-12-19)30-14-13-21(26)29-3/h4-12,16H,13-15H2,1-3H3. The molecule has 170 valence electrons. The van der Waals surface area contributed by atoms with E-state index in [2.05, 4.69) is 14.9 Å². The highest BCUT2D eigenvalue weighted by molar-refractivity contribution is 7.89. The highest BCUT2D eigenvalue weighted by Crippen LogP contribution is 2.24. The predicted octanol–water partition coefficient (Wildman–Crippen LogP) is 3.28. The Balaban J connectivity index is 1.73. The molecule has 0 aliphatic carbocycles. The third kappa shape index (κ3) is 5.71. The molecule has 0 spiro atoms. The summed E-state index contributed by atoms with van der Waals surface area (Å²) in [5.74, 6) is 0.598. The molecule has 0 aliphatic rings. The van der Waals surface area contributed by atoms with Crippen LogP contribution in [0.1, 0.15) is 26.2 Å². The van der Waals surface area contributed by atoms with Crippen LogP contribution in [0.4, 0.5) is 0 Å².